The summed E-state index contributed by atoms with van der Waals surface area (Å²) in [6.07, 6.45) is 2.32. The molecule has 1 aromatic rings. The lowest BCUT2D eigenvalue weighted by Gasteiger charge is -2.33. The standard InChI is InChI=1S/C17H23N5O3/c1-19-4-8-22(9-5-19)17(25)15-12-14(2-3-18-15)16(24)21-10-6-20(13-23)7-11-21/h2-3,12-13H,4-11H2,1H3. The van der Waals surface area contributed by atoms with Gasteiger partial charge in [-0.1, -0.05) is 0 Å². The third-order valence-corrected chi connectivity index (χ3v) is 4.77. The topological polar surface area (TPSA) is 77.1 Å². The van der Waals surface area contributed by atoms with Crippen LogP contribution in [0.1, 0.15) is 20.8 Å². The zero-order valence-corrected chi connectivity index (χ0v) is 14.4. The van der Waals surface area contributed by atoms with Crippen LogP contribution in [0.4, 0.5) is 0 Å². The predicted octanol–water partition coefficient (Wildman–Crippen LogP) is -0.617. The second-order valence-electron chi connectivity index (χ2n) is 6.46. The van der Waals surface area contributed by atoms with Gasteiger partial charge in [0, 0.05) is 64.1 Å². The first kappa shape index (κ1) is 17.3. The van der Waals surface area contributed by atoms with Crippen LogP contribution in [0.3, 0.4) is 0 Å². The van der Waals surface area contributed by atoms with E-state index in [0.29, 0.717) is 50.5 Å². The number of aromatic nitrogens is 1. The van der Waals surface area contributed by atoms with Gasteiger partial charge >= 0.3 is 0 Å². The predicted molar refractivity (Wildman–Crippen MR) is 91.2 cm³/mol. The van der Waals surface area contributed by atoms with Crippen molar-refractivity contribution in [1.82, 2.24) is 24.6 Å². The molecule has 2 aliphatic rings. The summed E-state index contributed by atoms with van der Waals surface area (Å²) in [6, 6.07) is 3.21. The highest BCUT2D eigenvalue weighted by Crippen LogP contribution is 2.12. The minimum absolute atomic E-state index is 0.125. The molecule has 0 aromatic carbocycles. The van der Waals surface area contributed by atoms with Crippen LogP contribution in [0.15, 0.2) is 18.3 Å². The highest BCUT2D eigenvalue weighted by Gasteiger charge is 2.24. The number of amides is 3. The second-order valence-corrected chi connectivity index (χ2v) is 6.46. The molecule has 3 amide bonds. The van der Waals surface area contributed by atoms with Gasteiger partial charge in [0.1, 0.15) is 5.69 Å². The number of piperazine rings is 2. The monoisotopic (exact) mass is 345 g/mol. The van der Waals surface area contributed by atoms with Gasteiger partial charge in [0.05, 0.1) is 0 Å². The maximum absolute atomic E-state index is 12.6. The molecule has 8 heteroatoms. The van der Waals surface area contributed by atoms with E-state index < -0.39 is 0 Å². The quantitative estimate of drug-likeness (QED) is 0.683. The van der Waals surface area contributed by atoms with Crippen molar-refractivity contribution < 1.29 is 14.4 Å². The fourth-order valence-corrected chi connectivity index (χ4v) is 3.07. The molecule has 2 aliphatic heterocycles. The Labute approximate surface area is 147 Å². The minimum Gasteiger partial charge on any atom is -0.342 e. The van der Waals surface area contributed by atoms with Gasteiger partial charge in [-0.05, 0) is 19.2 Å². The fraction of sp³-hybridized carbons (Fsp3) is 0.529. The summed E-state index contributed by atoms with van der Waals surface area (Å²) >= 11 is 0. The summed E-state index contributed by atoms with van der Waals surface area (Å²) in [5, 5.41) is 0. The molecule has 2 saturated heterocycles. The second kappa shape index (κ2) is 7.60. The normalized spacial score (nSPS) is 19.0. The first-order valence-electron chi connectivity index (χ1n) is 8.51. The summed E-state index contributed by atoms with van der Waals surface area (Å²) < 4.78 is 0. The first-order valence-corrected chi connectivity index (χ1v) is 8.51. The van der Waals surface area contributed by atoms with E-state index in [-0.39, 0.29) is 11.8 Å². The maximum Gasteiger partial charge on any atom is 0.272 e. The number of carbonyl (C=O) groups is 3. The molecule has 25 heavy (non-hydrogen) atoms. The van der Waals surface area contributed by atoms with E-state index in [1.807, 2.05) is 7.05 Å². The molecule has 0 spiro atoms. The van der Waals surface area contributed by atoms with Crippen LogP contribution in [0.2, 0.25) is 0 Å². The number of likely N-dealkylation sites (N-methyl/N-ethyl adjacent to an activating group) is 1. The Balaban J connectivity index is 1.67. The van der Waals surface area contributed by atoms with E-state index in [1.165, 1.54) is 6.20 Å². The van der Waals surface area contributed by atoms with Gasteiger partial charge in [0.15, 0.2) is 0 Å². The molecule has 1 aromatic heterocycles. The number of hydrogen-bond acceptors (Lipinski definition) is 5. The molecule has 0 radical (unpaired) electrons. The average molecular weight is 345 g/mol. The van der Waals surface area contributed by atoms with E-state index in [2.05, 4.69) is 9.88 Å². The average Bonchev–Trinajstić information content (AvgIpc) is 2.67. The maximum atomic E-state index is 12.6. The third-order valence-electron chi connectivity index (χ3n) is 4.77. The minimum atomic E-state index is -0.131. The molecule has 3 rings (SSSR count). The Bertz CT molecular complexity index is 649. The van der Waals surface area contributed by atoms with E-state index in [0.717, 1.165) is 19.5 Å². The Morgan fingerprint density at radius 2 is 1.56 bits per heavy atom. The molecule has 0 bridgehead atoms. The van der Waals surface area contributed by atoms with Crippen LogP contribution in [0.25, 0.3) is 0 Å². The van der Waals surface area contributed by atoms with Gasteiger partial charge in [0.2, 0.25) is 6.41 Å². The molecule has 8 nitrogen and oxygen atoms in total. The molecule has 0 atom stereocenters. The van der Waals surface area contributed by atoms with Crippen molar-refractivity contribution in [2.75, 3.05) is 59.4 Å². The van der Waals surface area contributed by atoms with E-state index >= 15 is 0 Å². The third kappa shape index (κ3) is 3.96. The molecule has 0 N–H and O–H groups in total. The van der Waals surface area contributed by atoms with Gasteiger partial charge in [-0.15, -0.1) is 0 Å². The highest BCUT2D eigenvalue weighted by molar-refractivity contribution is 5.98. The van der Waals surface area contributed by atoms with Crippen molar-refractivity contribution in [2.45, 2.75) is 0 Å². The Morgan fingerprint density at radius 1 is 0.960 bits per heavy atom. The molecule has 0 unspecified atom stereocenters. The van der Waals surface area contributed by atoms with Gasteiger partial charge in [0.25, 0.3) is 11.8 Å². The van der Waals surface area contributed by atoms with Gasteiger partial charge in [-0.3, -0.25) is 19.4 Å². The summed E-state index contributed by atoms with van der Waals surface area (Å²) in [7, 11) is 2.03. The molecule has 2 fully saturated rings. The Hall–Kier alpha value is -2.48. The van der Waals surface area contributed by atoms with Gasteiger partial charge < -0.3 is 19.6 Å². The van der Waals surface area contributed by atoms with Gasteiger partial charge in [-0.2, -0.15) is 0 Å². The number of nitrogens with zero attached hydrogens (tertiary/aromatic N) is 5. The molecular weight excluding hydrogens is 322 g/mol. The lowest BCUT2D eigenvalue weighted by Crippen LogP contribution is -2.48. The number of carbonyl (C=O) groups excluding carboxylic acids is 3. The zero-order chi connectivity index (χ0) is 17.8. The summed E-state index contributed by atoms with van der Waals surface area (Å²) in [4.78, 5) is 47.5. The van der Waals surface area contributed by atoms with Crippen LogP contribution in [-0.2, 0) is 4.79 Å². The number of rotatable bonds is 3. The Kier molecular flexibility index (Phi) is 5.28. The van der Waals surface area contributed by atoms with Crippen LogP contribution >= 0.6 is 0 Å². The molecule has 134 valence electrons. The number of hydrogen-bond donors (Lipinski definition) is 0. The smallest absolute Gasteiger partial charge is 0.272 e. The van der Waals surface area contributed by atoms with Crippen molar-refractivity contribution in [2.24, 2.45) is 0 Å². The molecule has 3 heterocycles. The van der Waals surface area contributed by atoms with Crippen molar-refractivity contribution >= 4 is 18.2 Å². The molecular formula is C17H23N5O3. The van der Waals surface area contributed by atoms with Crippen LogP contribution in [0.5, 0.6) is 0 Å². The highest BCUT2D eigenvalue weighted by atomic mass is 16.2. The van der Waals surface area contributed by atoms with E-state index in [4.69, 9.17) is 0 Å². The van der Waals surface area contributed by atoms with Gasteiger partial charge in [-0.25, -0.2) is 0 Å². The summed E-state index contributed by atoms with van der Waals surface area (Å²) in [5.74, 6) is -0.256. The van der Waals surface area contributed by atoms with E-state index in [9.17, 15) is 14.4 Å². The summed E-state index contributed by atoms with van der Waals surface area (Å²) in [6.45, 7) is 5.09. The van der Waals surface area contributed by atoms with Crippen LogP contribution < -0.4 is 0 Å². The molecule has 0 aliphatic carbocycles. The van der Waals surface area contributed by atoms with E-state index in [1.54, 1.807) is 26.8 Å². The largest absolute Gasteiger partial charge is 0.342 e. The molecule has 0 saturated carbocycles. The van der Waals surface area contributed by atoms with Crippen molar-refractivity contribution in [3.05, 3.63) is 29.6 Å². The first-order chi connectivity index (χ1) is 12.1. The Morgan fingerprint density at radius 3 is 2.20 bits per heavy atom. The van der Waals surface area contributed by atoms with Crippen LogP contribution in [0, 0.1) is 0 Å². The lowest BCUT2D eigenvalue weighted by molar-refractivity contribution is -0.119. The SMILES string of the molecule is CN1CCN(C(=O)c2cc(C(=O)N3CCN(C=O)CC3)ccn2)CC1. The fourth-order valence-electron chi connectivity index (χ4n) is 3.07. The van der Waals surface area contributed by atoms with Crippen molar-refractivity contribution in [3.63, 3.8) is 0 Å². The number of pyridine rings is 1. The zero-order valence-electron chi connectivity index (χ0n) is 14.4. The summed E-state index contributed by atoms with van der Waals surface area (Å²) in [5.41, 5.74) is 0.772. The van der Waals surface area contributed by atoms with Crippen LogP contribution in [-0.4, -0.2) is 102 Å². The van der Waals surface area contributed by atoms with Crippen molar-refractivity contribution in [1.29, 1.82) is 0 Å². The van der Waals surface area contributed by atoms with Crippen molar-refractivity contribution in [3.8, 4) is 0 Å². The lowest BCUT2D eigenvalue weighted by atomic mass is 10.1.